The van der Waals surface area contributed by atoms with Crippen molar-refractivity contribution in [3.05, 3.63) is 0 Å². The van der Waals surface area contributed by atoms with Crippen molar-refractivity contribution in [2.45, 2.75) is 9.04 Å². The molecule has 0 fully saturated rings. The highest BCUT2D eigenvalue weighted by Crippen LogP contribution is 2.39. The Balaban J connectivity index is 3.79. The van der Waals surface area contributed by atoms with Gasteiger partial charge in [0.05, 0.1) is 5.25 Å². The molecule has 0 saturated carbocycles. The van der Waals surface area contributed by atoms with Crippen molar-refractivity contribution in [3.63, 3.8) is 0 Å². The molecule has 0 aromatic carbocycles. The van der Waals surface area contributed by atoms with Gasteiger partial charge in [0.15, 0.2) is 0 Å². The first kappa shape index (κ1) is 10.8. The zero-order valence-corrected chi connectivity index (χ0v) is 8.68. The average molecular weight is 248 g/mol. The maximum absolute atomic E-state index is 5.44. The molecule has 0 amide bonds. The molecule has 9 heavy (non-hydrogen) atoms. The summed E-state index contributed by atoms with van der Waals surface area (Å²) < 4.78 is -1.37. The Kier molecular flexibility index (Phi) is 5.56. The van der Waals surface area contributed by atoms with E-state index in [9.17, 15) is 0 Å². The Labute approximate surface area is 82.6 Å². The highest BCUT2D eigenvalue weighted by atomic mass is 35.7. The van der Waals surface area contributed by atoms with E-state index in [1.54, 1.807) is 0 Å². The molecule has 6 heteroatoms. The number of hydrogen-bond acceptors (Lipinski definition) is 1. The first-order valence-corrected chi connectivity index (χ1v) is 5.30. The monoisotopic (exact) mass is 246 g/mol. The van der Waals surface area contributed by atoms with Crippen molar-refractivity contribution in [3.8, 4) is 0 Å². The van der Waals surface area contributed by atoms with E-state index in [0.29, 0.717) is 0 Å². The fraction of sp³-hybridized carbons (Fsp3) is 1.00. The van der Waals surface area contributed by atoms with Crippen LogP contribution in [0.15, 0.2) is 0 Å². The van der Waals surface area contributed by atoms with Crippen molar-refractivity contribution in [1.82, 2.24) is 0 Å². The van der Waals surface area contributed by atoms with Crippen LogP contribution in [-0.2, 0) is 0 Å². The van der Waals surface area contributed by atoms with Gasteiger partial charge in [0.1, 0.15) is 0 Å². The van der Waals surface area contributed by atoms with Gasteiger partial charge in [-0.1, -0.05) is 34.8 Å². The molecule has 0 N–H and O–H groups in total. The van der Waals surface area contributed by atoms with Gasteiger partial charge in [0, 0.05) is 5.88 Å². The minimum absolute atomic E-state index is 0.227. The van der Waals surface area contributed by atoms with Crippen LogP contribution in [0.3, 0.4) is 0 Å². The fourth-order valence-electron chi connectivity index (χ4n) is 0.162. The molecular weight excluding hydrogens is 245 g/mol. The molecule has 0 radical (unpaired) electrons. The van der Waals surface area contributed by atoms with Crippen LogP contribution in [0, 0.1) is 0 Å². The molecule has 0 aromatic heterocycles. The average Bonchev–Trinajstić information content (AvgIpc) is 1.65. The second-order valence-electron chi connectivity index (χ2n) is 1.27. The van der Waals surface area contributed by atoms with Crippen LogP contribution >= 0.6 is 68.1 Å². The summed E-state index contributed by atoms with van der Waals surface area (Å²) in [6.45, 7) is 0. The van der Waals surface area contributed by atoms with Crippen LogP contribution in [0.25, 0.3) is 0 Å². The number of rotatable bonds is 2. The highest BCUT2D eigenvalue weighted by molar-refractivity contribution is 8.21. The normalized spacial score (nSPS) is 15.7. The molecule has 56 valence electrons. The number of alkyl halides is 4. The Bertz CT molecular complexity index is 74.8. The maximum atomic E-state index is 5.44. The Hall–Kier alpha value is 1.80. The van der Waals surface area contributed by atoms with E-state index in [0.717, 1.165) is 11.0 Å². The molecule has 0 bridgehead atoms. The van der Waals surface area contributed by atoms with Crippen molar-refractivity contribution >= 4 is 68.1 Å². The van der Waals surface area contributed by atoms with E-state index in [4.69, 9.17) is 57.1 Å². The predicted molar refractivity (Wildman–Crippen MR) is 48.2 cm³/mol. The summed E-state index contributed by atoms with van der Waals surface area (Å²) in [5, 5.41) is -0.356. The number of halogens is 5. The summed E-state index contributed by atoms with van der Waals surface area (Å²) in [4.78, 5) is 0. The molecule has 0 aliphatic rings. The predicted octanol–water partition coefficient (Wildman–Crippen LogP) is 3.85. The lowest BCUT2D eigenvalue weighted by atomic mass is 10.5. The van der Waals surface area contributed by atoms with E-state index >= 15 is 0 Å². The summed E-state index contributed by atoms with van der Waals surface area (Å²) in [6.07, 6.45) is 0. The molecule has 0 saturated heterocycles. The van der Waals surface area contributed by atoms with Crippen LogP contribution in [0.2, 0.25) is 0 Å². The molecule has 0 nitrogen and oxygen atoms in total. The second kappa shape index (κ2) is 4.63. The van der Waals surface area contributed by atoms with E-state index < -0.39 is 3.79 Å². The summed E-state index contributed by atoms with van der Waals surface area (Å²) in [7, 11) is 6.25. The fourth-order valence-corrected chi connectivity index (χ4v) is 2.79. The van der Waals surface area contributed by atoms with Crippen LogP contribution in [0.5, 0.6) is 0 Å². The van der Waals surface area contributed by atoms with Gasteiger partial charge in [0.25, 0.3) is 0 Å². The van der Waals surface area contributed by atoms with Gasteiger partial charge >= 0.3 is 0 Å². The lowest BCUT2D eigenvalue weighted by Gasteiger charge is -2.17. The summed E-state index contributed by atoms with van der Waals surface area (Å²) in [5.74, 6) is 0.227. The van der Waals surface area contributed by atoms with Gasteiger partial charge in [-0.25, -0.2) is 0 Å². The van der Waals surface area contributed by atoms with Gasteiger partial charge in [-0.2, -0.15) is 0 Å². The molecule has 1 unspecified atom stereocenters. The van der Waals surface area contributed by atoms with Gasteiger partial charge in [-0.15, -0.1) is 11.6 Å². The van der Waals surface area contributed by atoms with Crippen molar-refractivity contribution < 1.29 is 0 Å². The molecule has 0 rings (SSSR count). The van der Waals surface area contributed by atoms with Gasteiger partial charge < -0.3 is 0 Å². The molecule has 0 aliphatic carbocycles. The van der Waals surface area contributed by atoms with Crippen LogP contribution in [0.4, 0.5) is 0 Å². The standard InChI is InChI=1S/C3H3Cl5S/c4-1-2(9-8)3(5,6)7/h2H,1H2. The summed E-state index contributed by atoms with van der Waals surface area (Å²) >= 11 is 21.7. The van der Waals surface area contributed by atoms with E-state index in [1.165, 1.54) is 0 Å². The quantitative estimate of drug-likeness (QED) is 0.669. The maximum Gasteiger partial charge on any atom is 0.204 e. The van der Waals surface area contributed by atoms with Crippen molar-refractivity contribution in [1.29, 1.82) is 0 Å². The third kappa shape index (κ3) is 4.28. The van der Waals surface area contributed by atoms with Crippen LogP contribution in [0.1, 0.15) is 0 Å². The second-order valence-corrected chi connectivity index (χ2v) is 5.23. The lowest BCUT2D eigenvalue weighted by Crippen LogP contribution is -2.22. The Morgan fingerprint density at radius 2 is 1.78 bits per heavy atom. The number of hydrogen-bond donors (Lipinski definition) is 0. The third-order valence-electron chi connectivity index (χ3n) is 0.613. The zero-order chi connectivity index (χ0) is 7.49. The van der Waals surface area contributed by atoms with E-state index in [2.05, 4.69) is 0 Å². The van der Waals surface area contributed by atoms with Crippen LogP contribution < -0.4 is 0 Å². The van der Waals surface area contributed by atoms with E-state index in [-0.39, 0.29) is 11.1 Å². The smallest absolute Gasteiger partial charge is 0.125 e. The SMILES string of the molecule is ClCC(SCl)C(Cl)(Cl)Cl. The largest absolute Gasteiger partial charge is 0.204 e. The topological polar surface area (TPSA) is 0 Å². The zero-order valence-electron chi connectivity index (χ0n) is 4.08. The molecule has 0 spiro atoms. The molecule has 0 aliphatic heterocycles. The lowest BCUT2D eigenvalue weighted by molar-refractivity contribution is 1.01. The van der Waals surface area contributed by atoms with Crippen molar-refractivity contribution in [2.24, 2.45) is 0 Å². The minimum atomic E-state index is -1.37. The van der Waals surface area contributed by atoms with Crippen molar-refractivity contribution in [2.75, 3.05) is 5.88 Å². The summed E-state index contributed by atoms with van der Waals surface area (Å²) in [5.41, 5.74) is 0. The summed E-state index contributed by atoms with van der Waals surface area (Å²) in [6, 6.07) is 0. The third-order valence-corrected chi connectivity index (χ3v) is 3.66. The molecule has 0 aromatic rings. The van der Waals surface area contributed by atoms with Gasteiger partial charge in [-0.05, 0) is 21.7 Å². The molecule has 0 heterocycles. The van der Waals surface area contributed by atoms with Gasteiger partial charge in [0.2, 0.25) is 3.79 Å². The minimum Gasteiger partial charge on any atom is -0.125 e. The molecule has 1 atom stereocenters. The Morgan fingerprint density at radius 3 is 1.78 bits per heavy atom. The first-order chi connectivity index (χ1) is 4.02. The van der Waals surface area contributed by atoms with Gasteiger partial charge in [-0.3, -0.25) is 0 Å². The van der Waals surface area contributed by atoms with Crippen LogP contribution in [-0.4, -0.2) is 14.9 Å². The Morgan fingerprint density at radius 1 is 1.33 bits per heavy atom. The molecular formula is C3H3Cl5S. The highest BCUT2D eigenvalue weighted by Gasteiger charge is 2.31. The van der Waals surface area contributed by atoms with E-state index in [1.807, 2.05) is 0 Å². The first-order valence-electron chi connectivity index (χ1n) is 1.92.